The molecule has 0 atom stereocenters. The minimum atomic E-state index is 0.142. The Kier molecular flexibility index (Phi) is 3.68. The van der Waals surface area contributed by atoms with Crippen LogP contribution >= 0.6 is 11.6 Å². The predicted octanol–water partition coefficient (Wildman–Crippen LogP) is 1.26. The largest absolute Gasteiger partial charge is 0.397 e. The molecule has 5 nitrogen and oxygen atoms in total. The van der Waals surface area contributed by atoms with Crippen LogP contribution in [0.1, 0.15) is 12.8 Å². The second-order valence-corrected chi connectivity index (χ2v) is 4.50. The molecule has 1 saturated carbocycles. The molecule has 0 bridgehead atoms. The molecule has 2 rings (SSSR count). The van der Waals surface area contributed by atoms with Gasteiger partial charge >= 0.3 is 0 Å². The molecule has 1 aliphatic carbocycles. The summed E-state index contributed by atoms with van der Waals surface area (Å²) >= 11 is 5.94. The fourth-order valence-corrected chi connectivity index (χ4v) is 1.68. The zero-order valence-electron chi connectivity index (χ0n) is 9.37. The highest BCUT2D eigenvalue weighted by atomic mass is 35.5. The van der Waals surface area contributed by atoms with Crippen LogP contribution in [-0.2, 0) is 4.79 Å². The van der Waals surface area contributed by atoms with Crippen molar-refractivity contribution in [2.75, 3.05) is 24.1 Å². The number of carbonyl (C=O) groups is 1. The van der Waals surface area contributed by atoms with Crippen LogP contribution in [0.4, 0.5) is 11.5 Å². The van der Waals surface area contributed by atoms with Crippen LogP contribution in [0.25, 0.3) is 0 Å². The van der Waals surface area contributed by atoms with E-state index in [9.17, 15) is 4.79 Å². The number of hydrogen-bond acceptors (Lipinski definition) is 4. The Labute approximate surface area is 105 Å². The lowest BCUT2D eigenvalue weighted by Crippen LogP contribution is -2.29. The number of hydrogen-bond donors (Lipinski definition) is 3. The van der Waals surface area contributed by atoms with Gasteiger partial charge in [-0.15, -0.1) is 0 Å². The van der Waals surface area contributed by atoms with E-state index >= 15 is 0 Å². The Morgan fingerprint density at radius 2 is 2.29 bits per heavy atom. The molecule has 1 fully saturated rings. The molecule has 4 N–H and O–H groups in total. The summed E-state index contributed by atoms with van der Waals surface area (Å²) in [5.41, 5.74) is 6.06. The van der Waals surface area contributed by atoms with Crippen molar-refractivity contribution in [2.45, 2.75) is 12.8 Å². The summed E-state index contributed by atoms with van der Waals surface area (Å²) in [7, 11) is 0. The third-order valence-electron chi connectivity index (χ3n) is 2.53. The third kappa shape index (κ3) is 3.49. The zero-order chi connectivity index (χ0) is 12.3. The van der Waals surface area contributed by atoms with Gasteiger partial charge in [0.15, 0.2) is 0 Å². The summed E-state index contributed by atoms with van der Waals surface area (Å²) in [4.78, 5) is 15.4. The molecule has 92 valence electrons. The topological polar surface area (TPSA) is 80.0 Å². The number of nitrogens with two attached hydrogens (primary N) is 1. The van der Waals surface area contributed by atoms with Crippen LogP contribution in [0.2, 0.25) is 5.02 Å². The molecule has 1 aliphatic rings. The molecule has 6 heteroatoms. The highest BCUT2D eigenvalue weighted by Crippen LogP contribution is 2.28. The molecule has 0 saturated heterocycles. The van der Waals surface area contributed by atoms with E-state index in [0.717, 1.165) is 12.8 Å². The van der Waals surface area contributed by atoms with Crippen LogP contribution in [0.5, 0.6) is 0 Å². The SMILES string of the molecule is Nc1cnc(NCCNC(=O)C2CC2)c(Cl)c1. The number of nitrogens with zero attached hydrogens (tertiary/aromatic N) is 1. The molecule has 1 amide bonds. The summed E-state index contributed by atoms with van der Waals surface area (Å²) in [5.74, 6) is 0.970. The van der Waals surface area contributed by atoms with E-state index in [2.05, 4.69) is 15.6 Å². The molecule has 1 aromatic rings. The average molecular weight is 255 g/mol. The summed E-state index contributed by atoms with van der Waals surface area (Å²) in [6.07, 6.45) is 3.58. The van der Waals surface area contributed by atoms with Crippen LogP contribution in [-0.4, -0.2) is 24.0 Å². The number of rotatable bonds is 5. The smallest absolute Gasteiger partial charge is 0.223 e. The lowest BCUT2D eigenvalue weighted by atomic mass is 10.4. The first-order valence-corrected chi connectivity index (χ1v) is 5.97. The summed E-state index contributed by atoms with van der Waals surface area (Å²) in [6, 6.07) is 1.64. The minimum Gasteiger partial charge on any atom is -0.397 e. The highest BCUT2D eigenvalue weighted by Gasteiger charge is 2.28. The number of nitrogens with one attached hydrogen (secondary N) is 2. The fraction of sp³-hybridized carbons (Fsp3) is 0.455. The number of aromatic nitrogens is 1. The lowest BCUT2D eigenvalue weighted by molar-refractivity contribution is -0.122. The van der Waals surface area contributed by atoms with Gasteiger partial charge in [0.25, 0.3) is 0 Å². The van der Waals surface area contributed by atoms with Crippen LogP contribution in [0.3, 0.4) is 0 Å². The van der Waals surface area contributed by atoms with E-state index in [4.69, 9.17) is 17.3 Å². The van der Waals surface area contributed by atoms with Crippen LogP contribution in [0, 0.1) is 5.92 Å². The molecule has 1 heterocycles. The highest BCUT2D eigenvalue weighted by molar-refractivity contribution is 6.33. The Bertz CT molecular complexity index is 420. The first-order chi connectivity index (χ1) is 8.16. The number of amides is 1. The molecular formula is C11H15ClN4O. The Balaban J connectivity index is 1.72. The van der Waals surface area contributed by atoms with Crippen molar-refractivity contribution in [3.8, 4) is 0 Å². The van der Waals surface area contributed by atoms with Gasteiger partial charge < -0.3 is 16.4 Å². The molecule has 0 aliphatic heterocycles. The van der Waals surface area contributed by atoms with Crippen molar-refractivity contribution < 1.29 is 4.79 Å². The molecule has 17 heavy (non-hydrogen) atoms. The first kappa shape index (κ1) is 12.0. The van der Waals surface area contributed by atoms with E-state index in [1.807, 2.05) is 0 Å². The predicted molar refractivity (Wildman–Crippen MR) is 67.9 cm³/mol. The van der Waals surface area contributed by atoms with Crippen molar-refractivity contribution in [2.24, 2.45) is 5.92 Å². The quantitative estimate of drug-likeness (QED) is 0.691. The van der Waals surface area contributed by atoms with Crippen LogP contribution < -0.4 is 16.4 Å². The molecule has 0 aromatic carbocycles. The minimum absolute atomic E-state index is 0.142. The van der Waals surface area contributed by atoms with Gasteiger partial charge in [0.1, 0.15) is 5.82 Å². The van der Waals surface area contributed by atoms with Crippen molar-refractivity contribution >= 4 is 29.0 Å². The van der Waals surface area contributed by atoms with Gasteiger partial charge in [0, 0.05) is 19.0 Å². The number of carbonyl (C=O) groups excluding carboxylic acids is 1. The van der Waals surface area contributed by atoms with E-state index in [-0.39, 0.29) is 11.8 Å². The standard InChI is InChI=1S/C11H15ClN4O/c12-9-5-8(13)6-16-10(9)14-3-4-15-11(17)7-1-2-7/h5-7H,1-4,13H2,(H,14,16)(H,15,17). The van der Waals surface area contributed by atoms with E-state index in [1.165, 1.54) is 6.20 Å². The molecule has 0 radical (unpaired) electrons. The van der Waals surface area contributed by atoms with Crippen molar-refractivity contribution in [3.05, 3.63) is 17.3 Å². The van der Waals surface area contributed by atoms with Gasteiger partial charge in [0.2, 0.25) is 5.91 Å². The van der Waals surface area contributed by atoms with Gasteiger partial charge in [-0.25, -0.2) is 4.98 Å². The first-order valence-electron chi connectivity index (χ1n) is 5.59. The molecular weight excluding hydrogens is 240 g/mol. The van der Waals surface area contributed by atoms with Gasteiger partial charge in [0.05, 0.1) is 16.9 Å². The molecule has 0 spiro atoms. The van der Waals surface area contributed by atoms with Crippen molar-refractivity contribution in [1.82, 2.24) is 10.3 Å². The van der Waals surface area contributed by atoms with E-state index < -0.39 is 0 Å². The van der Waals surface area contributed by atoms with Crippen molar-refractivity contribution in [1.29, 1.82) is 0 Å². The molecule has 1 aromatic heterocycles. The number of pyridine rings is 1. The van der Waals surface area contributed by atoms with Gasteiger partial charge in [-0.3, -0.25) is 4.79 Å². The van der Waals surface area contributed by atoms with E-state index in [1.54, 1.807) is 6.07 Å². The van der Waals surface area contributed by atoms with Crippen molar-refractivity contribution in [3.63, 3.8) is 0 Å². The van der Waals surface area contributed by atoms with Gasteiger partial charge in [-0.1, -0.05) is 11.6 Å². The van der Waals surface area contributed by atoms with E-state index in [0.29, 0.717) is 29.6 Å². The third-order valence-corrected chi connectivity index (χ3v) is 2.82. The normalized spacial score (nSPS) is 14.4. The number of nitrogen functional groups attached to an aromatic ring is 1. The number of halogens is 1. The monoisotopic (exact) mass is 254 g/mol. The summed E-state index contributed by atoms with van der Waals surface area (Å²) in [6.45, 7) is 1.16. The second-order valence-electron chi connectivity index (χ2n) is 4.09. The summed E-state index contributed by atoms with van der Waals surface area (Å²) < 4.78 is 0. The van der Waals surface area contributed by atoms with Gasteiger partial charge in [-0.05, 0) is 18.9 Å². The Hall–Kier alpha value is -1.49. The fourth-order valence-electron chi connectivity index (χ4n) is 1.44. The maximum absolute atomic E-state index is 11.3. The zero-order valence-corrected chi connectivity index (χ0v) is 10.1. The Morgan fingerprint density at radius 1 is 1.53 bits per heavy atom. The maximum atomic E-state index is 11.3. The summed E-state index contributed by atoms with van der Waals surface area (Å²) in [5, 5.41) is 6.37. The number of anilines is 2. The van der Waals surface area contributed by atoms with Crippen LogP contribution in [0.15, 0.2) is 12.3 Å². The molecule has 0 unspecified atom stereocenters. The maximum Gasteiger partial charge on any atom is 0.223 e. The average Bonchev–Trinajstić information content (AvgIpc) is 3.10. The Morgan fingerprint density at radius 3 is 2.94 bits per heavy atom. The lowest BCUT2D eigenvalue weighted by Gasteiger charge is -2.08. The second kappa shape index (κ2) is 5.23. The van der Waals surface area contributed by atoms with Gasteiger partial charge in [-0.2, -0.15) is 0 Å².